The lowest BCUT2D eigenvalue weighted by molar-refractivity contribution is -0.0979. The van der Waals surface area contributed by atoms with Crippen molar-refractivity contribution in [2.24, 2.45) is 0 Å². The van der Waals surface area contributed by atoms with Gasteiger partial charge in [0.25, 0.3) is 0 Å². The summed E-state index contributed by atoms with van der Waals surface area (Å²) in [5.41, 5.74) is 0. The molecule has 0 bridgehead atoms. The van der Waals surface area contributed by atoms with Crippen molar-refractivity contribution in [2.45, 2.75) is 19.8 Å². The van der Waals surface area contributed by atoms with Crippen LogP contribution in [0.1, 0.15) is 19.8 Å². The Hall–Kier alpha value is -0.410. The van der Waals surface area contributed by atoms with Crippen molar-refractivity contribution in [1.29, 1.82) is 0 Å². The molecule has 0 atom stereocenters. The van der Waals surface area contributed by atoms with Crippen molar-refractivity contribution in [1.82, 2.24) is 0 Å². The normalized spacial score (nSPS) is 5.78. The summed E-state index contributed by atoms with van der Waals surface area (Å²) in [6.45, 7) is 4.40. The van der Waals surface area contributed by atoms with Gasteiger partial charge in [0.15, 0.2) is 0 Å². The monoisotopic (exact) mass is 136 g/mol. The fourth-order valence-electron chi connectivity index (χ4n) is 0.158. The van der Waals surface area contributed by atoms with E-state index in [1.807, 2.05) is 6.79 Å². The van der Waals surface area contributed by atoms with E-state index in [-0.39, 0.29) is 0 Å². The highest BCUT2D eigenvalue weighted by Crippen LogP contribution is 1.78. The number of unbranched alkanes of at least 4 members (excludes halogenated alkanes) is 1. The molecule has 0 aromatic carbocycles. The van der Waals surface area contributed by atoms with Crippen LogP contribution in [0.5, 0.6) is 0 Å². The van der Waals surface area contributed by atoms with Crippen LogP contribution in [0.25, 0.3) is 0 Å². The molecule has 0 aliphatic heterocycles. The van der Waals surface area contributed by atoms with E-state index >= 15 is 0 Å². The molecule has 9 heavy (non-hydrogen) atoms. The topological polar surface area (TPSA) is 57.5 Å². The summed E-state index contributed by atoms with van der Waals surface area (Å²) >= 11 is 0. The van der Waals surface area contributed by atoms with Crippen LogP contribution in [0.2, 0.25) is 0 Å². The molecule has 3 heteroatoms. The van der Waals surface area contributed by atoms with Gasteiger partial charge in [-0.15, -0.1) is 0 Å². The summed E-state index contributed by atoms with van der Waals surface area (Å²) in [5.74, 6) is 0. The zero-order chi connectivity index (χ0) is 8.12. The number of rotatable bonds is 2. The molecule has 3 nitrogen and oxygen atoms in total. The van der Waals surface area contributed by atoms with Crippen LogP contribution in [0.15, 0.2) is 0 Å². The summed E-state index contributed by atoms with van der Waals surface area (Å²) in [6, 6.07) is 0. The molecule has 0 unspecified atom stereocenters. The van der Waals surface area contributed by atoms with Gasteiger partial charge in [-0.05, 0) is 6.42 Å². The van der Waals surface area contributed by atoms with Crippen molar-refractivity contribution in [2.75, 3.05) is 13.7 Å². The highest BCUT2D eigenvalue weighted by atomic mass is 16.3. The summed E-state index contributed by atoms with van der Waals surface area (Å²) in [6.07, 6.45) is 2.04. The maximum atomic E-state index is 8.07. The Morgan fingerprint density at radius 2 is 1.67 bits per heavy atom. The molecule has 0 spiro atoms. The summed E-state index contributed by atoms with van der Waals surface area (Å²) in [7, 11) is 1.00. The molecule has 0 fully saturated rings. The van der Waals surface area contributed by atoms with Gasteiger partial charge in [0.1, 0.15) is 6.79 Å². The van der Waals surface area contributed by atoms with E-state index in [2.05, 4.69) is 6.92 Å². The Morgan fingerprint density at radius 1 is 1.33 bits per heavy atom. The molecule has 0 aromatic rings. The molecular weight excluding hydrogens is 120 g/mol. The Morgan fingerprint density at radius 3 is 1.67 bits per heavy atom. The maximum absolute atomic E-state index is 8.07. The summed E-state index contributed by atoms with van der Waals surface area (Å²) in [5, 5.41) is 15.1. The van der Waals surface area contributed by atoms with Gasteiger partial charge >= 0.3 is 0 Å². The highest BCUT2D eigenvalue weighted by Gasteiger charge is 1.69. The van der Waals surface area contributed by atoms with Crippen LogP contribution in [-0.2, 0) is 4.79 Å². The minimum atomic E-state index is 0.344. The van der Waals surface area contributed by atoms with Gasteiger partial charge in [0.2, 0.25) is 0 Å². The van der Waals surface area contributed by atoms with Crippen LogP contribution in [0.3, 0.4) is 0 Å². The first-order valence-corrected chi connectivity index (χ1v) is 2.76. The summed E-state index contributed by atoms with van der Waals surface area (Å²) < 4.78 is 0. The number of aliphatic hydroxyl groups is 2. The largest absolute Gasteiger partial charge is 0.400 e. The van der Waals surface area contributed by atoms with Crippen molar-refractivity contribution in [3.05, 3.63) is 0 Å². The smallest absolute Gasteiger partial charge is 0.106 e. The Balaban J connectivity index is -0.0000000771. The molecule has 0 rings (SSSR count). The molecule has 2 N–H and O–H groups in total. The lowest BCUT2D eigenvalue weighted by Gasteiger charge is -1.79. The second kappa shape index (κ2) is 49.1. The van der Waals surface area contributed by atoms with Crippen molar-refractivity contribution >= 4 is 6.79 Å². The molecule has 0 radical (unpaired) electrons. The molecule has 58 valence electrons. The van der Waals surface area contributed by atoms with Crippen LogP contribution < -0.4 is 0 Å². The average molecular weight is 136 g/mol. The first-order chi connectivity index (χ1) is 4.41. The van der Waals surface area contributed by atoms with E-state index in [9.17, 15) is 0 Å². The molecule has 0 aliphatic rings. The van der Waals surface area contributed by atoms with Gasteiger partial charge in [-0.3, -0.25) is 0 Å². The lowest BCUT2D eigenvalue weighted by atomic mass is 10.4. The quantitative estimate of drug-likeness (QED) is 0.570. The molecule has 0 heterocycles. The third-order valence-corrected chi connectivity index (χ3v) is 0.512. The van der Waals surface area contributed by atoms with E-state index in [4.69, 9.17) is 15.0 Å². The van der Waals surface area contributed by atoms with Crippen LogP contribution in [0.4, 0.5) is 0 Å². The first kappa shape index (κ1) is 15.8. The number of hydrogen-bond acceptors (Lipinski definition) is 3. The van der Waals surface area contributed by atoms with E-state index in [1.165, 1.54) is 0 Å². The third-order valence-electron chi connectivity index (χ3n) is 0.512. The first-order valence-electron chi connectivity index (χ1n) is 2.76. The van der Waals surface area contributed by atoms with Gasteiger partial charge in [-0.25, -0.2) is 0 Å². The van der Waals surface area contributed by atoms with Crippen molar-refractivity contribution in [3.63, 3.8) is 0 Å². The summed E-state index contributed by atoms with van der Waals surface area (Å²) in [4.78, 5) is 8.00. The van der Waals surface area contributed by atoms with Crippen LogP contribution >= 0.6 is 0 Å². The number of carbonyl (C=O) groups is 1. The Kier molecular flexibility index (Phi) is 86.5. The SMILES string of the molecule is C=O.CCCCO.CO. The fraction of sp³-hybridized carbons (Fsp3) is 0.833. The van der Waals surface area contributed by atoms with E-state index < -0.39 is 0 Å². The van der Waals surface area contributed by atoms with E-state index in [0.29, 0.717) is 6.61 Å². The molecular formula is C6H16O3. The molecule has 0 aliphatic carbocycles. The zero-order valence-corrected chi connectivity index (χ0v) is 6.13. The zero-order valence-electron chi connectivity index (χ0n) is 6.13. The standard InChI is InChI=1S/C4H10O.CH4O.CH2O/c1-2-3-4-5;2*1-2/h5H,2-4H2,1H3;2H,1H3;1H2. The van der Waals surface area contributed by atoms with Gasteiger partial charge < -0.3 is 15.0 Å². The lowest BCUT2D eigenvalue weighted by Crippen LogP contribution is -1.75. The highest BCUT2D eigenvalue weighted by molar-refractivity contribution is 5.10. The second-order valence-electron chi connectivity index (χ2n) is 1.08. The fourth-order valence-corrected chi connectivity index (χ4v) is 0.158. The predicted molar refractivity (Wildman–Crippen MR) is 37.3 cm³/mol. The molecule has 0 saturated heterocycles. The molecule has 0 saturated carbocycles. The van der Waals surface area contributed by atoms with Crippen molar-refractivity contribution in [3.8, 4) is 0 Å². The minimum Gasteiger partial charge on any atom is -0.400 e. The van der Waals surface area contributed by atoms with Gasteiger partial charge in [-0.1, -0.05) is 13.3 Å². The molecule has 0 amide bonds. The number of aliphatic hydroxyl groups excluding tert-OH is 2. The maximum Gasteiger partial charge on any atom is 0.106 e. The van der Waals surface area contributed by atoms with E-state index in [0.717, 1.165) is 20.0 Å². The minimum absolute atomic E-state index is 0.344. The average Bonchev–Trinajstić information content (AvgIpc) is 1.98. The van der Waals surface area contributed by atoms with Crippen molar-refractivity contribution < 1.29 is 15.0 Å². The van der Waals surface area contributed by atoms with Crippen LogP contribution in [-0.4, -0.2) is 30.7 Å². The Bertz CT molecular complexity index is 22.3. The Labute approximate surface area is 56.3 Å². The molecule has 0 aromatic heterocycles. The number of hydrogen-bond donors (Lipinski definition) is 2. The van der Waals surface area contributed by atoms with Crippen LogP contribution in [0, 0.1) is 0 Å². The predicted octanol–water partition coefficient (Wildman–Crippen LogP) is 0.202. The third kappa shape index (κ3) is 93.8. The van der Waals surface area contributed by atoms with Gasteiger partial charge in [0.05, 0.1) is 0 Å². The second-order valence-corrected chi connectivity index (χ2v) is 1.08. The van der Waals surface area contributed by atoms with E-state index in [1.54, 1.807) is 0 Å². The van der Waals surface area contributed by atoms with Gasteiger partial charge in [-0.2, -0.15) is 0 Å². The van der Waals surface area contributed by atoms with Gasteiger partial charge in [0, 0.05) is 13.7 Å². The number of carbonyl (C=O) groups excluding carboxylic acids is 1.